The molecule has 0 atom stereocenters. The second kappa shape index (κ2) is 21.6. The van der Waals surface area contributed by atoms with E-state index in [-0.39, 0.29) is 0 Å². The Bertz CT molecular complexity index is 5290. The highest BCUT2D eigenvalue weighted by Gasteiger charge is 2.26. The van der Waals surface area contributed by atoms with Crippen molar-refractivity contribution in [3.8, 4) is 33.4 Å². The molecule has 0 aliphatic rings. The predicted octanol–water partition coefficient (Wildman–Crippen LogP) is 16.7. The van der Waals surface area contributed by atoms with Gasteiger partial charge < -0.3 is 0 Å². The highest BCUT2D eigenvalue weighted by Crippen LogP contribution is 2.45. The fourth-order valence-corrected chi connectivity index (χ4v) is 14.3. The van der Waals surface area contributed by atoms with E-state index in [4.69, 9.17) is 15.0 Å². The van der Waals surface area contributed by atoms with Crippen LogP contribution in [-0.4, -0.2) is 29.9 Å². The zero-order valence-corrected chi connectivity index (χ0v) is 51.7. The van der Waals surface area contributed by atoms with Crippen LogP contribution in [0.15, 0.2) is 171 Å². The number of hydrogen-bond donors (Lipinski definition) is 0. The van der Waals surface area contributed by atoms with Gasteiger partial charge in [-0.15, -0.1) is 0 Å². The lowest BCUT2D eigenvalue weighted by molar-refractivity contribution is -0.644. The van der Waals surface area contributed by atoms with Crippen LogP contribution in [0, 0.1) is 76.2 Å². The Kier molecular flexibility index (Phi) is 13.8. The third-order valence-electron chi connectivity index (χ3n) is 17.8. The maximum absolute atomic E-state index is 4.84. The van der Waals surface area contributed by atoms with Crippen LogP contribution in [-0.2, 0) is 21.1 Å². The Morgan fingerprint density at radius 3 is 1.10 bits per heavy atom. The lowest BCUT2D eigenvalue weighted by Crippen LogP contribution is -2.28. The van der Waals surface area contributed by atoms with E-state index in [2.05, 4.69) is 278 Å². The van der Waals surface area contributed by atoms with Crippen molar-refractivity contribution in [2.45, 2.75) is 76.2 Å². The van der Waals surface area contributed by atoms with Crippen LogP contribution in [0.4, 0.5) is 0 Å². The maximum atomic E-state index is 4.84. The number of aryl methyl sites for hydroxylation is 14. The molecule has 0 saturated carbocycles. The van der Waals surface area contributed by atoms with Gasteiger partial charge in [0, 0.05) is 45.1 Å². The van der Waals surface area contributed by atoms with Crippen molar-refractivity contribution in [3.05, 3.63) is 233 Å². The summed E-state index contributed by atoms with van der Waals surface area (Å²) in [5.74, 6) is 0. The van der Waals surface area contributed by atoms with Crippen LogP contribution < -0.4 is 13.7 Å². The van der Waals surface area contributed by atoms with Crippen LogP contribution in [0.5, 0.6) is 0 Å². The number of aromatic nitrogens is 9. The molecule has 0 fully saturated rings. The minimum atomic E-state index is 1.01. The summed E-state index contributed by atoms with van der Waals surface area (Å²) >= 11 is 0. The molecular weight excluding hydrogens is 1050 g/mol. The van der Waals surface area contributed by atoms with Gasteiger partial charge in [-0.3, -0.25) is 0 Å². The molecule has 0 saturated heterocycles. The molecular formula is C77H70N9+3. The minimum Gasteiger partial charge on any atom is -0.241 e. The highest BCUT2D eigenvalue weighted by atomic mass is 14.9. The fraction of sp³-hybridized carbons (Fsp3) is 0.182. The quantitative estimate of drug-likeness (QED) is 0.129. The molecule has 6 heterocycles. The summed E-state index contributed by atoms with van der Waals surface area (Å²) in [6, 6.07) is 48.2. The van der Waals surface area contributed by atoms with Crippen molar-refractivity contribution < 1.29 is 13.7 Å². The second-order valence-electron chi connectivity index (χ2n) is 23.7. The van der Waals surface area contributed by atoms with E-state index in [0.29, 0.717) is 0 Å². The van der Waals surface area contributed by atoms with E-state index < -0.39 is 0 Å². The average Bonchev–Trinajstić information content (AvgIpc) is 0.929. The van der Waals surface area contributed by atoms with Crippen LogP contribution in [0.3, 0.4) is 0 Å². The number of hydrogen-bond acceptors (Lipinski definition) is 6. The smallest absolute Gasteiger partial charge is 0.224 e. The number of pyridine rings is 3. The van der Waals surface area contributed by atoms with Crippen molar-refractivity contribution in [2.24, 2.45) is 21.1 Å². The SMILES string of the molecule is Cc1cc(C)c(-c2ccc(C)c3c4ccc[n+](C)c4c4c(C)ncnc4c23)c(C)c1.Cc1cc(C)c(-c2cccc3c4ccc[n+](C)c4c4c(C)ncnc4c23)c(C)c1.Cc1ccc(-c2ccccc2)c2c3ncnc(C)c3c3c(ccc[n+]3C)c12. The summed E-state index contributed by atoms with van der Waals surface area (Å²) in [4.78, 5) is 28.0. The first-order valence-corrected chi connectivity index (χ1v) is 29.6. The van der Waals surface area contributed by atoms with Gasteiger partial charge in [0.15, 0.2) is 18.6 Å². The molecule has 0 bridgehead atoms. The van der Waals surface area contributed by atoms with Gasteiger partial charge in [-0.2, -0.15) is 0 Å². The summed E-state index contributed by atoms with van der Waals surface area (Å²) < 4.78 is 6.56. The van der Waals surface area contributed by atoms with E-state index in [1.807, 2.05) is 0 Å². The minimum absolute atomic E-state index is 1.01. The second-order valence-corrected chi connectivity index (χ2v) is 23.7. The lowest BCUT2D eigenvalue weighted by atomic mass is 9.86. The van der Waals surface area contributed by atoms with Gasteiger partial charge in [0.2, 0.25) is 16.6 Å². The average molecular weight is 1120 g/mol. The monoisotopic (exact) mass is 1120 g/mol. The molecule has 9 heteroatoms. The Morgan fingerprint density at radius 1 is 0.279 bits per heavy atom. The van der Waals surface area contributed by atoms with E-state index >= 15 is 0 Å². The molecule has 0 spiro atoms. The van der Waals surface area contributed by atoms with Crippen LogP contribution in [0.2, 0.25) is 0 Å². The largest absolute Gasteiger partial charge is 0.241 e. The zero-order chi connectivity index (χ0) is 60.0. The fourth-order valence-electron chi connectivity index (χ4n) is 14.3. The predicted molar refractivity (Wildman–Crippen MR) is 356 cm³/mol. The number of fused-ring (bicyclic) bond motifs is 18. The normalized spacial score (nSPS) is 11.6. The lowest BCUT2D eigenvalue weighted by Gasteiger charge is -2.18. The van der Waals surface area contributed by atoms with Crippen LogP contribution in [0.25, 0.3) is 131 Å². The molecule has 15 aromatic rings. The molecule has 0 aliphatic heterocycles. The van der Waals surface area contributed by atoms with Crippen molar-refractivity contribution >= 4 is 97.7 Å². The molecule has 9 nitrogen and oxygen atoms in total. The van der Waals surface area contributed by atoms with E-state index in [1.165, 1.54) is 143 Å². The first-order valence-electron chi connectivity index (χ1n) is 29.6. The Balaban J connectivity index is 0.000000120. The summed E-state index contributed by atoms with van der Waals surface area (Å²) in [7, 11) is 6.29. The summed E-state index contributed by atoms with van der Waals surface area (Å²) in [5, 5.41) is 14.6. The molecule has 0 aliphatic carbocycles. The standard InChI is InChI=1S/C27H26N3.C26H24N3.C24H20N3/c1-15-12-17(3)22(18(4)13-15)20-10-9-16(2)23-21-8-7-11-30(6)27(21)24-19(5)28-14-29-26(24)25(20)23;1-15-12-16(2)22(17(3)13-15)21-9-6-8-19-20-10-7-11-29(5)26(20)23-18(4)27-14-28-25(23)24(19)21;1-15-11-12-18(17-8-5-4-6-9-17)22-20(15)19-10-7-13-27(3)24(19)21-16(2)25-14-26-23(21)22/h7-14H,1-6H3;6-14H,1-5H3;4-14H,1-3H3/q3*+1. The number of rotatable bonds is 3. The summed E-state index contributed by atoms with van der Waals surface area (Å²) in [6.45, 7) is 23.8. The molecule has 420 valence electrons. The highest BCUT2D eigenvalue weighted by molar-refractivity contribution is 6.29. The van der Waals surface area contributed by atoms with Crippen LogP contribution >= 0.6 is 0 Å². The van der Waals surface area contributed by atoms with Gasteiger partial charge in [0.25, 0.3) is 0 Å². The number of nitrogens with zero attached hydrogens (tertiary/aromatic N) is 9. The van der Waals surface area contributed by atoms with Gasteiger partial charge in [0.05, 0.1) is 65.9 Å². The zero-order valence-electron chi connectivity index (χ0n) is 51.7. The van der Waals surface area contributed by atoms with Crippen molar-refractivity contribution in [1.82, 2.24) is 29.9 Å². The van der Waals surface area contributed by atoms with Gasteiger partial charge in [0.1, 0.15) is 40.1 Å². The Labute approximate surface area is 502 Å². The van der Waals surface area contributed by atoms with Crippen molar-refractivity contribution in [1.29, 1.82) is 0 Å². The third kappa shape index (κ3) is 8.94. The van der Waals surface area contributed by atoms with Crippen molar-refractivity contribution in [2.75, 3.05) is 0 Å². The van der Waals surface area contributed by atoms with E-state index in [9.17, 15) is 0 Å². The Hall–Kier alpha value is -9.99. The topological polar surface area (TPSA) is 89.0 Å². The van der Waals surface area contributed by atoms with Gasteiger partial charge in [-0.1, -0.05) is 108 Å². The van der Waals surface area contributed by atoms with Crippen LogP contribution in [0.1, 0.15) is 61.6 Å². The number of benzene rings is 9. The van der Waals surface area contributed by atoms with E-state index in [0.717, 1.165) is 49.8 Å². The molecule has 0 amide bonds. The van der Waals surface area contributed by atoms with E-state index in [1.54, 1.807) is 19.0 Å². The molecule has 15 rings (SSSR count). The molecule has 0 radical (unpaired) electrons. The Morgan fingerprint density at radius 2 is 0.651 bits per heavy atom. The van der Waals surface area contributed by atoms with Crippen molar-refractivity contribution in [3.63, 3.8) is 0 Å². The summed E-state index contributed by atoms with van der Waals surface area (Å²) in [6.07, 6.45) is 11.4. The van der Waals surface area contributed by atoms with Gasteiger partial charge in [-0.25, -0.2) is 43.6 Å². The maximum Gasteiger partial charge on any atom is 0.224 e. The molecule has 9 aromatic carbocycles. The molecule has 6 aromatic heterocycles. The molecule has 86 heavy (non-hydrogen) atoms. The third-order valence-corrected chi connectivity index (χ3v) is 17.8. The van der Waals surface area contributed by atoms with Gasteiger partial charge in [-0.05, 0) is 167 Å². The summed E-state index contributed by atoms with van der Waals surface area (Å²) in [5.41, 5.74) is 27.5. The molecule has 0 unspecified atom stereocenters. The first-order chi connectivity index (χ1) is 41.5. The first kappa shape index (κ1) is 55.2. The molecule has 0 N–H and O–H groups in total. The van der Waals surface area contributed by atoms with Gasteiger partial charge >= 0.3 is 0 Å².